The fraction of sp³-hybridized carbons (Fsp3) is 0.0714. The van der Waals surface area contributed by atoms with Crippen LogP contribution in [0.3, 0.4) is 0 Å². The predicted molar refractivity (Wildman–Crippen MR) is 63.7 cm³/mol. The molecule has 0 aromatic heterocycles. The molecule has 0 saturated heterocycles. The highest BCUT2D eigenvalue weighted by Crippen LogP contribution is 2.30. The number of aromatic hydroxyl groups is 1. The zero-order chi connectivity index (χ0) is 12.3. The van der Waals surface area contributed by atoms with E-state index in [-0.39, 0.29) is 11.7 Å². The first kappa shape index (κ1) is 11.2. The van der Waals surface area contributed by atoms with Crippen LogP contribution in [-0.4, -0.2) is 11.1 Å². The second-order valence-corrected chi connectivity index (χ2v) is 3.55. The van der Waals surface area contributed by atoms with E-state index in [1.165, 1.54) is 6.92 Å². The van der Waals surface area contributed by atoms with Crippen LogP contribution in [0.2, 0.25) is 0 Å². The summed E-state index contributed by atoms with van der Waals surface area (Å²) in [7, 11) is 0. The standard InChI is InChI=1S/C14H11O3/c1-10(15)17-14-5-3-2-4-13(14)11-6-8-12(16)9-7-11/h2-3,5-9,16H,1H3. The van der Waals surface area contributed by atoms with Gasteiger partial charge in [0.05, 0.1) is 0 Å². The Hall–Kier alpha value is -2.29. The minimum atomic E-state index is -0.371. The van der Waals surface area contributed by atoms with Crippen molar-refractivity contribution in [1.82, 2.24) is 0 Å². The molecule has 0 spiro atoms. The summed E-state index contributed by atoms with van der Waals surface area (Å²) in [5, 5.41) is 9.22. The largest absolute Gasteiger partial charge is 0.508 e. The van der Waals surface area contributed by atoms with Crippen molar-refractivity contribution in [3.8, 4) is 22.6 Å². The first-order valence-electron chi connectivity index (χ1n) is 5.15. The molecule has 3 heteroatoms. The van der Waals surface area contributed by atoms with Gasteiger partial charge in [0, 0.05) is 12.5 Å². The number of esters is 1. The van der Waals surface area contributed by atoms with Crippen LogP contribution in [0, 0.1) is 6.07 Å². The molecule has 0 unspecified atom stereocenters. The Labute approximate surface area is 99.3 Å². The third-order valence-electron chi connectivity index (χ3n) is 2.23. The van der Waals surface area contributed by atoms with E-state index in [0.717, 1.165) is 5.56 Å². The number of hydrogen-bond donors (Lipinski definition) is 1. The highest BCUT2D eigenvalue weighted by Gasteiger charge is 2.07. The van der Waals surface area contributed by atoms with Gasteiger partial charge >= 0.3 is 5.97 Å². The molecule has 0 fully saturated rings. The fourth-order valence-electron chi connectivity index (χ4n) is 1.52. The molecule has 1 radical (unpaired) electrons. The molecule has 2 rings (SSSR count). The fourth-order valence-corrected chi connectivity index (χ4v) is 1.52. The zero-order valence-electron chi connectivity index (χ0n) is 9.31. The van der Waals surface area contributed by atoms with Crippen LogP contribution in [0.15, 0.2) is 42.5 Å². The molecule has 0 atom stereocenters. The van der Waals surface area contributed by atoms with Crippen molar-refractivity contribution in [2.45, 2.75) is 6.92 Å². The Balaban J connectivity index is 2.44. The number of ether oxygens (including phenoxy) is 1. The number of carbonyl (C=O) groups is 1. The number of phenols is 1. The number of benzene rings is 2. The number of carbonyl (C=O) groups excluding carboxylic acids is 1. The van der Waals surface area contributed by atoms with E-state index in [1.807, 2.05) is 0 Å². The van der Waals surface area contributed by atoms with Gasteiger partial charge in [-0.2, -0.15) is 0 Å². The van der Waals surface area contributed by atoms with Crippen molar-refractivity contribution in [2.75, 3.05) is 0 Å². The lowest BCUT2D eigenvalue weighted by Gasteiger charge is -2.08. The van der Waals surface area contributed by atoms with Crippen molar-refractivity contribution in [3.63, 3.8) is 0 Å². The quantitative estimate of drug-likeness (QED) is 0.633. The lowest BCUT2D eigenvalue weighted by molar-refractivity contribution is -0.131. The van der Waals surface area contributed by atoms with Crippen LogP contribution < -0.4 is 4.74 Å². The van der Waals surface area contributed by atoms with E-state index in [2.05, 4.69) is 6.07 Å². The van der Waals surface area contributed by atoms with E-state index >= 15 is 0 Å². The predicted octanol–water partition coefficient (Wildman–Crippen LogP) is 2.78. The first-order chi connectivity index (χ1) is 8.16. The van der Waals surface area contributed by atoms with Gasteiger partial charge in [-0.05, 0) is 29.8 Å². The Bertz CT molecular complexity index is 529. The molecule has 0 amide bonds. The third-order valence-corrected chi connectivity index (χ3v) is 2.23. The third kappa shape index (κ3) is 2.64. The van der Waals surface area contributed by atoms with E-state index in [9.17, 15) is 9.90 Å². The minimum Gasteiger partial charge on any atom is -0.508 e. The summed E-state index contributed by atoms with van der Waals surface area (Å²) in [6, 6.07) is 14.9. The van der Waals surface area contributed by atoms with Gasteiger partial charge < -0.3 is 9.84 Å². The van der Waals surface area contributed by atoms with Gasteiger partial charge in [0.2, 0.25) is 0 Å². The smallest absolute Gasteiger partial charge is 0.308 e. The summed E-state index contributed by atoms with van der Waals surface area (Å²) in [4.78, 5) is 11.0. The Kier molecular flexibility index (Phi) is 3.10. The monoisotopic (exact) mass is 227 g/mol. The van der Waals surface area contributed by atoms with Crippen LogP contribution in [0.1, 0.15) is 6.92 Å². The molecular weight excluding hydrogens is 216 g/mol. The van der Waals surface area contributed by atoms with Gasteiger partial charge in [-0.1, -0.05) is 24.3 Å². The lowest BCUT2D eigenvalue weighted by atomic mass is 10.0. The Morgan fingerprint density at radius 3 is 2.59 bits per heavy atom. The van der Waals surface area contributed by atoms with Gasteiger partial charge in [0.25, 0.3) is 0 Å². The molecule has 17 heavy (non-hydrogen) atoms. The van der Waals surface area contributed by atoms with E-state index in [4.69, 9.17) is 4.74 Å². The van der Waals surface area contributed by atoms with Gasteiger partial charge in [0.1, 0.15) is 11.5 Å². The molecule has 1 N–H and O–H groups in total. The second-order valence-electron chi connectivity index (χ2n) is 3.55. The molecule has 0 heterocycles. The normalized spacial score (nSPS) is 9.94. The van der Waals surface area contributed by atoms with E-state index in [1.54, 1.807) is 42.5 Å². The molecule has 3 nitrogen and oxygen atoms in total. The van der Waals surface area contributed by atoms with E-state index < -0.39 is 0 Å². The molecule has 0 saturated carbocycles. The van der Waals surface area contributed by atoms with Crippen LogP contribution in [-0.2, 0) is 4.79 Å². The summed E-state index contributed by atoms with van der Waals surface area (Å²) >= 11 is 0. The maximum atomic E-state index is 11.0. The zero-order valence-corrected chi connectivity index (χ0v) is 9.31. The van der Waals surface area contributed by atoms with Crippen LogP contribution in [0.4, 0.5) is 0 Å². The Morgan fingerprint density at radius 1 is 1.24 bits per heavy atom. The van der Waals surface area contributed by atoms with E-state index in [0.29, 0.717) is 11.3 Å². The Morgan fingerprint density at radius 2 is 1.94 bits per heavy atom. The van der Waals surface area contributed by atoms with Gasteiger partial charge in [-0.3, -0.25) is 4.79 Å². The molecule has 0 aliphatic rings. The molecule has 85 valence electrons. The SMILES string of the molecule is CC(=O)Oc1ccc[c]c1-c1ccc(O)cc1. The topological polar surface area (TPSA) is 46.5 Å². The number of rotatable bonds is 2. The van der Waals surface area contributed by atoms with Crippen molar-refractivity contribution >= 4 is 5.97 Å². The molecule has 0 aliphatic carbocycles. The molecule has 2 aromatic rings. The average Bonchev–Trinajstić information content (AvgIpc) is 2.30. The molecule has 2 aromatic carbocycles. The van der Waals surface area contributed by atoms with Crippen molar-refractivity contribution in [3.05, 3.63) is 48.5 Å². The average molecular weight is 227 g/mol. The summed E-state index contributed by atoms with van der Waals surface area (Å²) in [6.45, 7) is 1.35. The van der Waals surface area contributed by atoms with Crippen molar-refractivity contribution in [1.29, 1.82) is 0 Å². The summed E-state index contributed by atoms with van der Waals surface area (Å²) in [6.07, 6.45) is 0. The number of phenolic OH excluding ortho intramolecular Hbond substituents is 1. The number of hydrogen-bond acceptors (Lipinski definition) is 3. The second kappa shape index (κ2) is 4.70. The van der Waals surface area contributed by atoms with Gasteiger partial charge in [-0.25, -0.2) is 0 Å². The minimum absolute atomic E-state index is 0.193. The van der Waals surface area contributed by atoms with Crippen molar-refractivity contribution in [2.24, 2.45) is 0 Å². The van der Waals surface area contributed by atoms with Crippen LogP contribution in [0.5, 0.6) is 11.5 Å². The first-order valence-corrected chi connectivity index (χ1v) is 5.15. The summed E-state index contributed by atoms with van der Waals surface area (Å²) in [5.41, 5.74) is 1.53. The van der Waals surface area contributed by atoms with Crippen LogP contribution >= 0.6 is 0 Å². The van der Waals surface area contributed by atoms with Crippen LogP contribution in [0.25, 0.3) is 11.1 Å². The lowest BCUT2D eigenvalue weighted by Crippen LogP contribution is -2.02. The molecule has 0 bridgehead atoms. The summed E-state index contributed by atoms with van der Waals surface area (Å²) in [5.74, 6) is 0.286. The van der Waals surface area contributed by atoms with Gasteiger partial charge in [0.15, 0.2) is 0 Å². The molecular formula is C14H11O3. The highest BCUT2D eigenvalue weighted by molar-refractivity contribution is 5.76. The highest BCUT2D eigenvalue weighted by atomic mass is 16.5. The maximum Gasteiger partial charge on any atom is 0.308 e. The summed E-state index contributed by atoms with van der Waals surface area (Å²) < 4.78 is 5.10. The van der Waals surface area contributed by atoms with Crippen molar-refractivity contribution < 1.29 is 14.6 Å². The van der Waals surface area contributed by atoms with Gasteiger partial charge in [-0.15, -0.1) is 0 Å². The maximum absolute atomic E-state index is 11.0. The molecule has 0 aliphatic heterocycles.